The molecular formula is C15H22N2O2. The zero-order chi connectivity index (χ0) is 13.1. The predicted octanol–water partition coefficient (Wildman–Crippen LogP) is 1.56. The van der Waals surface area contributed by atoms with Crippen LogP contribution in [0, 0.1) is 6.92 Å². The number of nitrogens with zero attached hydrogens (tertiary/aromatic N) is 1. The number of aryl methyl sites for hydroxylation is 1. The molecule has 0 atom stereocenters. The molecule has 19 heavy (non-hydrogen) atoms. The lowest BCUT2D eigenvalue weighted by atomic mass is 10.1. The van der Waals surface area contributed by atoms with Crippen molar-refractivity contribution in [1.82, 2.24) is 10.2 Å². The Bertz CT molecular complexity index is 442. The van der Waals surface area contributed by atoms with E-state index >= 15 is 0 Å². The van der Waals surface area contributed by atoms with E-state index < -0.39 is 0 Å². The molecule has 0 amide bonds. The summed E-state index contributed by atoms with van der Waals surface area (Å²) in [6.07, 6.45) is 0.960. The standard InChI is InChI=1S/C15H22N2O2/c1-12-9-13(11-17-5-3-16-4-6-17)10-14-15(12)19-8-2-7-18-14/h9-10,16H,2-8,11H2,1H3. The lowest BCUT2D eigenvalue weighted by Gasteiger charge is -2.27. The normalized spacial score (nSPS) is 20.1. The third-order valence-electron chi connectivity index (χ3n) is 3.71. The van der Waals surface area contributed by atoms with E-state index in [9.17, 15) is 0 Å². The molecule has 0 aliphatic carbocycles. The monoisotopic (exact) mass is 262 g/mol. The van der Waals surface area contributed by atoms with Crippen molar-refractivity contribution in [1.29, 1.82) is 0 Å². The number of piperazine rings is 1. The maximum absolute atomic E-state index is 5.80. The topological polar surface area (TPSA) is 33.7 Å². The van der Waals surface area contributed by atoms with Gasteiger partial charge in [-0.25, -0.2) is 0 Å². The van der Waals surface area contributed by atoms with Gasteiger partial charge in [-0.15, -0.1) is 0 Å². The van der Waals surface area contributed by atoms with Crippen LogP contribution in [0.2, 0.25) is 0 Å². The van der Waals surface area contributed by atoms with Crippen LogP contribution in [-0.2, 0) is 6.54 Å². The minimum Gasteiger partial charge on any atom is -0.490 e. The van der Waals surface area contributed by atoms with Crippen molar-refractivity contribution in [3.05, 3.63) is 23.3 Å². The van der Waals surface area contributed by atoms with Gasteiger partial charge in [-0.1, -0.05) is 6.07 Å². The quantitative estimate of drug-likeness (QED) is 0.877. The number of hydrogen-bond acceptors (Lipinski definition) is 4. The molecule has 1 fully saturated rings. The van der Waals surface area contributed by atoms with Crippen LogP contribution in [0.5, 0.6) is 11.5 Å². The van der Waals surface area contributed by atoms with E-state index in [-0.39, 0.29) is 0 Å². The molecule has 1 N–H and O–H groups in total. The van der Waals surface area contributed by atoms with Crippen LogP contribution in [0.15, 0.2) is 12.1 Å². The number of ether oxygens (including phenoxy) is 2. The SMILES string of the molecule is Cc1cc(CN2CCNCC2)cc2c1OCCCO2. The van der Waals surface area contributed by atoms with Crippen molar-refractivity contribution in [2.45, 2.75) is 19.9 Å². The third-order valence-corrected chi connectivity index (χ3v) is 3.71. The van der Waals surface area contributed by atoms with Crippen LogP contribution >= 0.6 is 0 Å². The summed E-state index contributed by atoms with van der Waals surface area (Å²) in [6, 6.07) is 4.38. The van der Waals surface area contributed by atoms with Crippen molar-refractivity contribution in [3.8, 4) is 11.5 Å². The summed E-state index contributed by atoms with van der Waals surface area (Å²) in [7, 11) is 0. The zero-order valence-corrected chi connectivity index (χ0v) is 11.6. The summed E-state index contributed by atoms with van der Waals surface area (Å²) in [5.74, 6) is 1.85. The molecule has 3 rings (SSSR count). The molecule has 0 aromatic heterocycles. The number of hydrogen-bond donors (Lipinski definition) is 1. The Balaban J connectivity index is 1.78. The summed E-state index contributed by atoms with van der Waals surface area (Å²) in [6.45, 7) is 9.02. The average Bonchev–Trinajstić information content (AvgIpc) is 2.65. The van der Waals surface area contributed by atoms with Gasteiger partial charge in [-0.3, -0.25) is 4.90 Å². The number of fused-ring (bicyclic) bond motifs is 1. The molecule has 1 saturated heterocycles. The van der Waals surface area contributed by atoms with E-state index in [0.717, 1.165) is 63.9 Å². The highest BCUT2D eigenvalue weighted by Crippen LogP contribution is 2.34. The Morgan fingerprint density at radius 3 is 2.79 bits per heavy atom. The highest BCUT2D eigenvalue weighted by Gasteiger charge is 2.16. The van der Waals surface area contributed by atoms with Crippen LogP contribution in [0.3, 0.4) is 0 Å². The number of benzene rings is 1. The van der Waals surface area contributed by atoms with E-state index in [1.54, 1.807) is 0 Å². The molecule has 0 spiro atoms. The van der Waals surface area contributed by atoms with Crippen molar-refractivity contribution >= 4 is 0 Å². The molecule has 0 saturated carbocycles. The van der Waals surface area contributed by atoms with Crippen LogP contribution in [0.25, 0.3) is 0 Å². The molecule has 2 aliphatic rings. The lowest BCUT2D eigenvalue weighted by molar-refractivity contribution is 0.232. The highest BCUT2D eigenvalue weighted by molar-refractivity contribution is 5.49. The first-order valence-electron chi connectivity index (χ1n) is 7.15. The fraction of sp³-hybridized carbons (Fsp3) is 0.600. The van der Waals surface area contributed by atoms with Gasteiger partial charge in [-0.2, -0.15) is 0 Å². The number of rotatable bonds is 2. The smallest absolute Gasteiger partial charge is 0.164 e. The van der Waals surface area contributed by atoms with Gasteiger partial charge >= 0.3 is 0 Å². The van der Waals surface area contributed by atoms with E-state index in [4.69, 9.17) is 9.47 Å². The second kappa shape index (κ2) is 5.80. The van der Waals surface area contributed by atoms with Crippen molar-refractivity contribution in [3.63, 3.8) is 0 Å². The maximum Gasteiger partial charge on any atom is 0.164 e. The maximum atomic E-state index is 5.80. The van der Waals surface area contributed by atoms with Gasteiger partial charge in [0.05, 0.1) is 13.2 Å². The number of nitrogens with one attached hydrogen (secondary N) is 1. The van der Waals surface area contributed by atoms with Gasteiger partial charge in [0.1, 0.15) is 0 Å². The van der Waals surface area contributed by atoms with Crippen molar-refractivity contribution in [2.24, 2.45) is 0 Å². The molecule has 104 valence electrons. The molecule has 4 heteroatoms. The Morgan fingerprint density at radius 1 is 1.16 bits per heavy atom. The average molecular weight is 262 g/mol. The molecule has 2 heterocycles. The van der Waals surface area contributed by atoms with Crippen molar-refractivity contribution < 1.29 is 9.47 Å². The first-order chi connectivity index (χ1) is 9.33. The highest BCUT2D eigenvalue weighted by atomic mass is 16.5. The molecule has 0 unspecified atom stereocenters. The fourth-order valence-corrected chi connectivity index (χ4v) is 2.74. The Morgan fingerprint density at radius 2 is 1.95 bits per heavy atom. The van der Waals surface area contributed by atoms with E-state index in [1.165, 1.54) is 11.1 Å². The zero-order valence-electron chi connectivity index (χ0n) is 11.6. The van der Waals surface area contributed by atoms with Gasteiger partial charge in [0.2, 0.25) is 0 Å². The van der Waals surface area contributed by atoms with Gasteiger partial charge in [-0.05, 0) is 24.1 Å². The molecule has 1 aromatic carbocycles. The second-order valence-electron chi connectivity index (χ2n) is 5.32. The van der Waals surface area contributed by atoms with Crippen LogP contribution in [0.1, 0.15) is 17.5 Å². The molecule has 4 nitrogen and oxygen atoms in total. The first kappa shape index (κ1) is 12.8. The molecule has 2 aliphatic heterocycles. The Kier molecular flexibility index (Phi) is 3.89. The van der Waals surface area contributed by atoms with Crippen LogP contribution in [0.4, 0.5) is 0 Å². The van der Waals surface area contributed by atoms with Crippen molar-refractivity contribution in [2.75, 3.05) is 39.4 Å². The van der Waals surface area contributed by atoms with Gasteiger partial charge in [0.15, 0.2) is 11.5 Å². The summed E-state index contributed by atoms with van der Waals surface area (Å²) in [5.41, 5.74) is 2.51. The Hall–Kier alpha value is -1.26. The third kappa shape index (κ3) is 3.01. The first-order valence-corrected chi connectivity index (χ1v) is 7.15. The summed E-state index contributed by atoms with van der Waals surface area (Å²) in [5, 5.41) is 3.38. The van der Waals surface area contributed by atoms with E-state index in [2.05, 4.69) is 29.3 Å². The molecule has 0 bridgehead atoms. The second-order valence-corrected chi connectivity index (χ2v) is 5.32. The van der Waals surface area contributed by atoms with E-state index in [1.807, 2.05) is 0 Å². The molecular weight excluding hydrogens is 240 g/mol. The molecule has 1 aromatic rings. The van der Waals surface area contributed by atoms with Gasteiger partial charge in [0, 0.05) is 39.1 Å². The van der Waals surface area contributed by atoms with Gasteiger partial charge in [0.25, 0.3) is 0 Å². The lowest BCUT2D eigenvalue weighted by Crippen LogP contribution is -2.42. The Labute approximate surface area is 114 Å². The van der Waals surface area contributed by atoms with Crippen LogP contribution < -0.4 is 14.8 Å². The minimum absolute atomic E-state index is 0.753. The minimum atomic E-state index is 0.753. The van der Waals surface area contributed by atoms with Gasteiger partial charge < -0.3 is 14.8 Å². The molecule has 0 radical (unpaired) electrons. The summed E-state index contributed by atoms with van der Waals surface area (Å²) < 4.78 is 11.6. The summed E-state index contributed by atoms with van der Waals surface area (Å²) >= 11 is 0. The predicted molar refractivity (Wildman–Crippen MR) is 74.9 cm³/mol. The van der Waals surface area contributed by atoms with E-state index in [0.29, 0.717) is 0 Å². The fourth-order valence-electron chi connectivity index (χ4n) is 2.74. The largest absolute Gasteiger partial charge is 0.490 e. The van der Waals surface area contributed by atoms with Crippen LogP contribution in [-0.4, -0.2) is 44.3 Å². The summed E-state index contributed by atoms with van der Waals surface area (Å²) in [4.78, 5) is 2.48.